The first kappa shape index (κ1) is 16.7. The molecule has 0 bridgehead atoms. The molecular weight excluding hydrogens is 319 g/mol. The van der Waals surface area contributed by atoms with E-state index in [1.54, 1.807) is 6.07 Å². The summed E-state index contributed by atoms with van der Waals surface area (Å²) in [7, 11) is -3.41. The predicted molar refractivity (Wildman–Crippen MR) is 87.7 cm³/mol. The Hall–Kier alpha value is -1.18. The number of anilines is 1. The van der Waals surface area contributed by atoms with Gasteiger partial charge in [-0.05, 0) is 43.5 Å². The first-order chi connectivity index (χ1) is 11.1. The Kier molecular flexibility index (Phi) is 5.18. The van der Waals surface area contributed by atoms with Gasteiger partial charge in [-0.2, -0.15) is 0 Å². The first-order valence-electron chi connectivity index (χ1n) is 8.15. The van der Waals surface area contributed by atoms with Gasteiger partial charge in [0, 0.05) is 19.6 Å². The molecule has 2 aliphatic rings. The Morgan fingerprint density at radius 2 is 1.96 bits per heavy atom. The lowest BCUT2D eigenvalue weighted by molar-refractivity contribution is 0.0381. The van der Waals surface area contributed by atoms with Crippen LogP contribution in [0.1, 0.15) is 18.4 Å². The number of aryl methyl sites for hydroxylation is 1. The smallest absolute Gasteiger partial charge is 0.235 e. The van der Waals surface area contributed by atoms with Crippen LogP contribution >= 0.6 is 0 Å². The van der Waals surface area contributed by atoms with Crippen molar-refractivity contribution in [2.75, 3.05) is 49.5 Å². The van der Waals surface area contributed by atoms with E-state index in [4.69, 9.17) is 4.74 Å². The average Bonchev–Trinajstić information content (AvgIpc) is 2.55. The summed E-state index contributed by atoms with van der Waals surface area (Å²) in [6, 6.07) is 4.43. The number of morpholine rings is 1. The SMILES string of the molecule is O=S(=O)(CCCN1CCOCC1)N1CCCc2ccc(F)cc21. The summed E-state index contributed by atoms with van der Waals surface area (Å²) in [6.07, 6.45) is 2.17. The molecule has 0 N–H and O–H groups in total. The van der Waals surface area contributed by atoms with Crippen molar-refractivity contribution in [3.05, 3.63) is 29.6 Å². The molecular formula is C16H23FN2O3S. The maximum absolute atomic E-state index is 13.5. The molecule has 1 aromatic rings. The van der Waals surface area contributed by atoms with Gasteiger partial charge in [-0.25, -0.2) is 12.8 Å². The van der Waals surface area contributed by atoms with E-state index in [-0.39, 0.29) is 11.6 Å². The minimum Gasteiger partial charge on any atom is -0.379 e. The normalized spacial score (nSPS) is 19.6. The van der Waals surface area contributed by atoms with Crippen LogP contribution in [0.15, 0.2) is 18.2 Å². The van der Waals surface area contributed by atoms with E-state index in [0.29, 0.717) is 31.9 Å². The van der Waals surface area contributed by atoms with Crippen molar-refractivity contribution in [1.82, 2.24) is 4.90 Å². The molecule has 0 unspecified atom stereocenters. The standard InChI is InChI=1S/C16H23FN2O3S/c17-15-5-4-14-3-1-7-19(16(14)13-15)23(20,21)12-2-6-18-8-10-22-11-9-18/h4-5,13H,1-3,6-12H2. The Balaban J connectivity index is 1.65. The molecule has 0 spiro atoms. The lowest BCUT2D eigenvalue weighted by atomic mass is 10.0. The second-order valence-corrected chi connectivity index (χ2v) is 8.09. The van der Waals surface area contributed by atoms with E-state index in [9.17, 15) is 12.8 Å². The van der Waals surface area contributed by atoms with Crippen molar-refractivity contribution in [3.63, 3.8) is 0 Å². The number of sulfonamides is 1. The minimum atomic E-state index is -3.41. The fourth-order valence-corrected chi connectivity index (χ4v) is 4.80. The zero-order valence-corrected chi connectivity index (χ0v) is 14.0. The maximum Gasteiger partial charge on any atom is 0.235 e. The summed E-state index contributed by atoms with van der Waals surface area (Å²) >= 11 is 0. The third kappa shape index (κ3) is 4.02. The highest BCUT2D eigenvalue weighted by atomic mass is 32.2. The van der Waals surface area contributed by atoms with Crippen LogP contribution in [0.2, 0.25) is 0 Å². The van der Waals surface area contributed by atoms with Gasteiger partial charge in [0.25, 0.3) is 0 Å². The molecule has 2 aliphatic heterocycles. The van der Waals surface area contributed by atoms with Crippen LogP contribution in [0.5, 0.6) is 0 Å². The summed E-state index contributed by atoms with van der Waals surface area (Å²) in [5, 5.41) is 0. The third-order valence-electron chi connectivity index (χ3n) is 4.44. The van der Waals surface area contributed by atoms with Crippen LogP contribution in [0.3, 0.4) is 0 Å². The highest BCUT2D eigenvalue weighted by Crippen LogP contribution is 2.30. The van der Waals surface area contributed by atoms with E-state index < -0.39 is 10.0 Å². The lowest BCUT2D eigenvalue weighted by Gasteiger charge is -2.31. The van der Waals surface area contributed by atoms with Crippen LogP contribution in [-0.2, 0) is 21.2 Å². The average molecular weight is 342 g/mol. The number of benzene rings is 1. The van der Waals surface area contributed by atoms with Gasteiger partial charge in [0.1, 0.15) is 5.82 Å². The maximum atomic E-state index is 13.5. The van der Waals surface area contributed by atoms with Gasteiger partial charge in [-0.1, -0.05) is 6.07 Å². The highest BCUT2D eigenvalue weighted by molar-refractivity contribution is 7.92. The van der Waals surface area contributed by atoms with E-state index in [2.05, 4.69) is 4.90 Å². The number of fused-ring (bicyclic) bond motifs is 1. The molecule has 0 aliphatic carbocycles. The van der Waals surface area contributed by atoms with Crippen LogP contribution in [-0.4, -0.2) is 58.5 Å². The van der Waals surface area contributed by atoms with E-state index >= 15 is 0 Å². The van der Waals surface area contributed by atoms with Crippen molar-refractivity contribution >= 4 is 15.7 Å². The van der Waals surface area contributed by atoms with Crippen LogP contribution in [0, 0.1) is 5.82 Å². The van der Waals surface area contributed by atoms with Crippen molar-refractivity contribution in [2.45, 2.75) is 19.3 Å². The van der Waals surface area contributed by atoms with Gasteiger partial charge in [0.15, 0.2) is 0 Å². The molecule has 0 amide bonds. The third-order valence-corrected chi connectivity index (χ3v) is 6.29. The summed E-state index contributed by atoms with van der Waals surface area (Å²) in [6.45, 7) is 4.34. The molecule has 128 valence electrons. The van der Waals surface area contributed by atoms with Crippen molar-refractivity contribution in [2.24, 2.45) is 0 Å². The molecule has 3 rings (SSSR count). The molecule has 2 heterocycles. The zero-order chi connectivity index (χ0) is 16.3. The number of halogens is 1. The predicted octanol–water partition coefficient (Wildman–Crippen LogP) is 1.63. The first-order valence-corrected chi connectivity index (χ1v) is 9.76. The van der Waals surface area contributed by atoms with Gasteiger partial charge in [-0.15, -0.1) is 0 Å². The largest absolute Gasteiger partial charge is 0.379 e. The fraction of sp³-hybridized carbons (Fsp3) is 0.625. The molecule has 0 atom stereocenters. The monoisotopic (exact) mass is 342 g/mol. The van der Waals surface area contributed by atoms with E-state index in [1.807, 2.05) is 0 Å². The summed E-state index contributed by atoms with van der Waals surface area (Å²) < 4.78 is 45.5. The number of ether oxygens (including phenoxy) is 1. The number of hydrogen-bond donors (Lipinski definition) is 0. The van der Waals surface area contributed by atoms with Crippen molar-refractivity contribution in [3.8, 4) is 0 Å². The second-order valence-electron chi connectivity index (χ2n) is 6.07. The summed E-state index contributed by atoms with van der Waals surface area (Å²) in [5.74, 6) is -0.292. The van der Waals surface area contributed by atoms with Gasteiger partial charge in [0.05, 0.1) is 24.7 Å². The van der Waals surface area contributed by atoms with E-state index in [1.165, 1.54) is 16.4 Å². The Labute approximate surface area is 137 Å². The van der Waals surface area contributed by atoms with Crippen molar-refractivity contribution in [1.29, 1.82) is 0 Å². The fourth-order valence-electron chi connectivity index (χ4n) is 3.21. The van der Waals surface area contributed by atoms with Gasteiger partial charge >= 0.3 is 0 Å². The summed E-state index contributed by atoms with van der Waals surface area (Å²) in [4.78, 5) is 2.23. The summed E-state index contributed by atoms with van der Waals surface area (Å²) in [5.41, 5.74) is 1.43. The van der Waals surface area contributed by atoms with Gasteiger partial charge < -0.3 is 4.74 Å². The number of hydrogen-bond acceptors (Lipinski definition) is 4. The quantitative estimate of drug-likeness (QED) is 0.816. The molecule has 0 saturated carbocycles. The minimum absolute atomic E-state index is 0.0975. The molecule has 23 heavy (non-hydrogen) atoms. The molecule has 5 nitrogen and oxygen atoms in total. The van der Waals surface area contributed by atoms with Crippen molar-refractivity contribution < 1.29 is 17.5 Å². The second kappa shape index (κ2) is 7.15. The molecule has 1 saturated heterocycles. The molecule has 0 aromatic heterocycles. The Bertz CT molecular complexity index is 645. The Morgan fingerprint density at radius 1 is 1.17 bits per heavy atom. The Morgan fingerprint density at radius 3 is 2.74 bits per heavy atom. The number of rotatable bonds is 5. The molecule has 0 radical (unpaired) electrons. The number of nitrogens with zero attached hydrogens (tertiary/aromatic N) is 2. The molecule has 1 aromatic carbocycles. The van der Waals surface area contributed by atoms with Gasteiger partial charge in [0.2, 0.25) is 10.0 Å². The zero-order valence-electron chi connectivity index (χ0n) is 13.2. The van der Waals surface area contributed by atoms with Crippen LogP contribution < -0.4 is 4.31 Å². The van der Waals surface area contributed by atoms with Gasteiger partial charge in [-0.3, -0.25) is 9.21 Å². The molecule has 1 fully saturated rings. The van der Waals surface area contributed by atoms with Crippen LogP contribution in [0.4, 0.5) is 10.1 Å². The highest BCUT2D eigenvalue weighted by Gasteiger charge is 2.27. The van der Waals surface area contributed by atoms with E-state index in [0.717, 1.165) is 38.0 Å². The topological polar surface area (TPSA) is 49.9 Å². The van der Waals surface area contributed by atoms with Crippen LogP contribution in [0.25, 0.3) is 0 Å². The lowest BCUT2D eigenvalue weighted by Crippen LogP contribution is -2.40. The molecule has 7 heteroatoms.